The first-order valence-corrected chi connectivity index (χ1v) is 9.37. The van der Waals surface area contributed by atoms with Gasteiger partial charge < -0.3 is 15.0 Å². The van der Waals surface area contributed by atoms with Crippen molar-refractivity contribution in [1.82, 2.24) is 20.0 Å². The highest BCUT2D eigenvalue weighted by molar-refractivity contribution is 14.0. The lowest BCUT2D eigenvalue weighted by molar-refractivity contribution is 0.216. The largest absolute Gasteiger partial charge is 0.356 e. The second kappa shape index (κ2) is 9.06. The number of halogens is 1. The Morgan fingerprint density at radius 2 is 2.08 bits per heavy atom. The maximum absolute atomic E-state index is 4.73. The molecule has 0 saturated heterocycles. The number of hydrogen-bond donors (Lipinski definition) is 2. The number of pyridine rings is 1. The van der Waals surface area contributed by atoms with Gasteiger partial charge in [-0.2, -0.15) is 0 Å². The minimum absolute atomic E-state index is 0. The molecular weight excluding hydrogens is 437 g/mol. The monoisotopic (exact) mass is 469 g/mol. The van der Waals surface area contributed by atoms with Crippen LogP contribution in [-0.4, -0.2) is 35.0 Å². The fraction of sp³-hybridized carbons (Fsp3) is 0.600. The molecule has 5 nitrogen and oxygen atoms in total. The molecule has 144 valence electrons. The van der Waals surface area contributed by atoms with Crippen LogP contribution in [0.15, 0.2) is 29.5 Å². The molecule has 0 spiro atoms. The Balaban J connectivity index is 0.00000243. The van der Waals surface area contributed by atoms with Crippen LogP contribution in [0.4, 0.5) is 0 Å². The fourth-order valence-electron chi connectivity index (χ4n) is 3.57. The van der Waals surface area contributed by atoms with Gasteiger partial charge in [0.05, 0.1) is 5.69 Å². The average Bonchev–Trinajstić information content (AvgIpc) is 3.00. The summed E-state index contributed by atoms with van der Waals surface area (Å²) in [5, 5.41) is 7.01. The predicted octanol–water partition coefficient (Wildman–Crippen LogP) is 3.94. The first-order chi connectivity index (χ1) is 12.0. The number of imidazole rings is 1. The molecule has 6 heteroatoms. The van der Waals surface area contributed by atoms with Crippen LogP contribution in [0, 0.1) is 12.3 Å². The van der Waals surface area contributed by atoms with E-state index in [1.165, 1.54) is 31.2 Å². The quantitative estimate of drug-likeness (QED) is 0.405. The van der Waals surface area contributed by atoms with Gasteiger partial charge >= 0.3 is 0 Å². The number of hydrogen-bond acceptors (Lipinski definition) is 2. The second-order valence-electron chi connectivity index (χ2n) is 7.99. The van der Waals surface area contributed by atoms with Gasteiger partial charge in [0.2, 0.25) is 0 Å². The summed E-state index contributed by atoms with van der Waals surface area (Å²) >= 11 is 0. The molecule has 2 heterocycles. The molecule has 1 fully saturated rings. The van der Waals surface area contributed by atoms with Crippen LogP contribution < -0.4 is 10.6 Å². The smallest absolute Gasteiger partial charge is 0.191 e. The SMILES string of the molecule is CN=C(NCCc1cn2cccc(C)c2n1)NC1CCC(C)(C)CC1.I. The molecule has 0 aromatic carbocycles. The normalized spacial score (nSPS) is 17.8. The van der Waals surface area contributed by atoms with Crippen LogP contribution in [-0.2, 0) is 6.42 Å². The molecule has 0 amide bonds. The highest BCUT2D eigenvalue weighted by Gasteiger charge is 2.27. The third-order valence-electron chi connectivity index (χ3n) is 5.30. The number of rotatable bonds is 4. The van der Waals surface area contributed by atoms with E-state index < -0.39 is 0 Å². The van der Waals surface area contributed by atoms with E-state index >= 15 is 0 Å². The van der Waals surface area contributed by atoms with Gasteiger partial charge in [0.1, 0.15) is 5.65 Å². The lowest BCUT2D eigenvalue weighted by Crippen LogP contribution is -2.46. The summed E-state index contributed by atoms with van der Waals surface area (Å²) in [6, 6.07) is 4.70. The van der Waals surface area contributed by atoms with E-state index in [9.17, 15) is 0 Å². The summed E-state index contributed by atoms with van der Waals surface area (Å²) in [7, 11) is 1.84. The molecule has 1 saturated carbocycles. The van der Waals surface area contributed by atoms with Crippen molar-refractivity contribution in [2.24, 2.45) is 10.4 Å². The van der Waals surface area contributed by atoms with Gasteiger partial charge in [-0.15, -0.1) is 24.0 Å². The van der Waals surface area contributed by atoms with Gasteiger partial charge in [-0.05, 0) is 49.7 Å². The first-order valence-electron chi connectivity index (χ1n) is 9.37. The minimum atomic E-state index is 0. The maximum atomic E-state index is 4.73. The van der Waals surface area contributed by atoms with Crippen LogP contribution >= 0.6 is 24.0 Å². The summed E-state index contributed by atoms with van der Waals surface area (Å²) < 4.78 is 2.10. The zero-order valence-electron chi connectivity index (χ0n) is 16.4. The van der Waals surface area contributed by atoms with Crippen molar-refractivity contribution in [3.05, 3.63) is 35.8 Å². The van der Waals surface area contributed by atoms with Crippen molar-refractivity contribution in [2.75, 3.05) is 13.6 Å². The molecule has 0 radical (unpaired) electrons. The van der Waals surface area contributed by atoms with Gasteiger partial charge in [-0.25, -0.2) is 4.98 Å². The first kappa shape index (κ1) is 21.0. The van der Waals surface area contributed by atoms with Gasteiger partial charge in [0.25, 0.3) is 0 Å². The predicted molar refractivity (Wildman–Crippen MR) is 120 cm³/mol. The molecule has 2 aromatic rings. The molecule has 1 aliphatic rings. The molecule has 0 atom stereocenters. The molecule has 26 heavy (non-hydrogen) atoms. The number of aromatic nitrogens is 2. The number of nitrogens with one attached hydrogen (secondary N) is 2. The van der Waals surface area contributed by atoms with Gasteiger partial charge in [-0.3, -0.25) is 4.99 Å². The van der Waals surface area contributed by atoms with Crippen LogP contribution in [0.25, 0.3) is 5.65 Å². The van der Waals surface area contributed by atoms with Gasteiger partial charge in [0.15, 0.2) is 5.96 Å². The molecule has 2 N–H and O–H groups in total. The number of aryl methyl sites for hydroxylation is 1. The Morgan fingerprint density at radius 3 is 2.73 bits per heavy atom. The zero-order valence-corrected chi connectivity index (χ0v) is 18.7. The molecule has 3 rings (SSSR count). The van der Waals surface area contributed by atoms with E-state index in [1.54, 1.807) is 0 Å². The Bertz CT molecular complexity index is 740. The molecule has 0 unspecified atom stereocenters. The van der Waals surface area contributed by atoms with Crippen molar-refractivity contribution in [3.8, 4) is 0 Å². The maximum Gasteiger partial charge on any atom is 0.191 e. The summed E-state index contributed by atoms with van der Waals surface area (Å²) in [5.74, 6) is 0.907. The Morgan fingerprint density at radius 1 is 1.35 bits per heavy atom. The van der Waals surface area contributed by atoms with E-state index in [-0.39, 0.29) is 24.0 Å². The second-order valence-corrected chi connectivity index (χ2v) is 7.99. The number of nitrogens with zero attached hydrogens (tertiary/aromatic N) is 3. The Kier molecular flexibility index (Phi) is 7.32. The van der Waals surface area contributed by atoms with Crippen molar-refractivity contribution < 1.29 is 0 Å². The van der Waals surface area contributed by atoms with Crippen molar-refractivity contribution >= 4 is 35.6 Å². The van der Waals surface area contributed by atoms with Gasteiger partial charge in [0, 0.05) is 38.4 Å². The van der Waals surface area contributed by atoms with Crippen molar-refractivity contribution in [2.45, 2.75) is 58.9 Å². The van der Waals surface area contributed by atoms with Crippen LogP contribution in [0.5, 0.6) is 0 Å². The Labute approximate surface area is 174 Å². The fourth-order valence-corrected chi connectivity index (χ4v) is 3.57. The minimum Gasteiger partial charge on any atom is -0.356 e. The summed E-state index contributed by atoms with van der Waals surface area (Å²) in [6.07, 6.45) is 10.1. The lowest BCUT2D eigenvalue weighted by Gasteiger charge is -2.35. The summed E-state index contributed by atoms with van der Waals surface area (Å²) in [4.78, 5) is 9.10. The molecular formula is C20H32IN5. The van der Waals surface area contributed by atoms with E-state index in [0.29, 0.717) is 11.5 Å². The highest BCUT2D eigenvalue weighted by Crippen LogP contribution is 2.34. The van der Waals surface area contributed by atoms with Crippen molar-refractivity contribution in [3.63, 3.8) is 0 Å². The molecule has 2 aromatic heterocycles. The molecule has 1 aliphatic carbocycles. The highest BCUT2D eigenvalue weighted by atomic mass is 127. The molecule has 0 aliphatic heterocycles. The van der Waals surface area contributed by atoms with E-state index in [4.69, 9.17) is 4.98 Å². The van der Waals surface area contributed by atoms with Crippen LogP contribution in [0.2, 0.25) is 0 Å². The standard InChI is InChI=1S/C20H31N5.HI/c1-15-6-5-13-25-14-17(23-18(15)25)9-12-22-19(21-4)24-16-7-10-20(2,3)11-8-16;/h5-6,13-14,16H,7-12H2,1-4H3,(H2,21,22,24);1H. The average molecular weight is 469 g/mol. The number of guanidine groups is 1. The summed E-state index contributed by atoms with van der Waals surface area (Å²) in [5.41, 5.74) is 3.86. The lowest BCUT2D eigenvalue weighted by atomic mass is 9.75. The third-order valence-corrected chi connectivity index (χ3v) is 5.30. The molecule has 0 bridgehead atoms. The number of fused-ring (bicyclic) bond motifs is 1. The van der Waals surface area contributed by atoms with Crippen LogP contribution in [0.1, 0.15) is 50.8 Å². The topological polar surface area (TPSA) is 53.7 Å². The number of aliphatic imine (C=N–C) groups is 1. The van der Waals surface area contributed by atoms with E-state index in [1.807, 2.05) is 7.05 Å². The van der Waals surface area contributed by atoms with Crippen molar-refractivity contribution in [1.29, 1.82) is 0 Å². The van der Waals surface area contributed by atoms with E-state index in [2.05, 4.69) is 65.3 Å². The Hall–Kier alpha value is -1.31. The van der Waals surface area contributed by atoms with E-state index in [0.717, 1.165) is 30.3 Å². The zero-order chi connectivity index (χ0) is 17.9. The van der Waals surface area contributed by atoms with Crippen LogP contribution in [0.3, 0.4) is 0 Å². The summed E-state index contributed by atoms with van der Waals surface area (Å²) in [6.45, 7) is 7.67. The third kappa shape index (κ3) is 5.34. The van der Waals surface area contributed by atoms with Gasteiger partial charge in [-0.1, -0.05) is 19.9 Å².